The molecule has 3 heteroatoms. The van der Waals surface area contributed by atoms with Gasteiger partial charge in [-0.3, -0.25) is 0 Å². The summed E-state index contributed by atoms with van der Waals surface area (Å²) in [4.78, 5) is 2.59. The first-order chi connectivity index (χ1) is 12.8. The van der Waals surface area contributed by atoms with Crippen LogP contribution in [-0.2, 0) is 6.42 Å². The minimum atomic E-state index is 0.610. The van der Waals surface area contributed by atoms with E-state index in [9.17, 15) is 0 Å². The van der Waals surface area contributed by atoms with Gasteiger partial charge < -0.3 is 15.0 Å². The van der Waals surface area contributed by atoms with Crippen LogP contribution >= 0.6 is 0 Å². The fourth-order valence-corrected chi connectivity index (χ4v) is 4.46. The maximum Gasteiger partial charge on any atom is 0.159 e. The van der Waals surface area contributed by atoms with E-state index in [2.05, 4.69) is 65.8 Å². The summed E-state index contributed by atoms with van der Waals surface area (Å²) >= 11 is 0. The molecule has 2 aromatic carbocycles. The largest absolute Gasteiger partial charge is 0.471 e. The van der Waals surface area contributed by atoms with Crippen molar-refractivity contribution in [3.63, 3.8) is 0 Å². The molecule has 1 fully saturated rings. The predicted molar refractivity (Wildman–Crippen MR) is 108 cm³/mol. The van der Waals surface area contributed by atoms with Crippen LogP contribution in [0.4, 0.5) is 5.69 Å². The van der Waals surface area contributed by atoms with Crippen molar-refractivity contribution in [3.05, 3.63) is 59.7 Å². The zero-order chi connectivity index (χ0) is 17.8. The zero-order valence-electron chi connectivity index (χ0n) is 15.8. The second-order valence-electron chi connectivity index (χ2n) is 7.80. The predicted octanol–water partition coefficient (Wildman–Crippen LogP) is 5.04. The van der Waals surface area contributed by atoms with Crippen LogP contribution in [-0.4, -0.2) is 31.3 Å². The summed E-state index contributed by atoms with van der Waals surface area (Å²) < 4.78 is 5.65. The van der Waals surface area contributed by atoms with Crippen LogP contribution in [0.3, 0.4) is 0 Å². The summed E-state index contributed by atoms with van der Waals surface area (Å²) in [6, 6.07) is 18.3. The normalized spacial score (nSPS) is 21.9. The lowest BCUT2D eigenvalue weighted by molar-refractivity contribution is 0.181. The number of ether oxygens (including phenoxy) is 1. The lowest BCUT2D eigenvalue weighted by atomic mass is 9.81. The quantitative estimate of drug-likeness (QED) is 0.790. The average Bonchev–Trinajstić information content (AvgIpc) is 3.17. The Morgan fingerprint density at radius 3 is 2.65 bits per heavy atom. The van der Waals surface area contributed by atoms with E-state index in [1.54, 1.807) is 0 Å². The highest BCUT2D eigenvalue weighted by molar-refractivity contribution is 5.60. The van der Waals surface area contributed by atoms with Gasteiger partial charge in [-0.15, -0.1) is 0 Å². The average molecular weight is 351 g/mol. The van der Waals surface area contributed by atoms with Crippen LogP contribution in [0.25, 0.3) is 0 Å². The van der Waals surface area contributed by atoms with Gasteiger partial charge in [0.25, 0.3) is 0 Å². The Hall–Kier alpha value is -2.00. The molecule has 1 N–H and O–H groups in total. The third-order valence-electron chi connectivity index (χ3n) is 6.11. The molecule has 0 radical (unpaired) electrons. The Kier molecular flexibility index (Phi) is 5.45. The number of hydrogen-bond acceptors (Lipinski definition) is 3. The molecule has 2 aliphatic rings. The molecule has 1 aliphatic carbocycles. The number of benzene rings is 2. The van der Waals surface area contributed by atoms with Gasteiger partial charge in [0.2, 0.25) is 0 Å². The summed E-state index contributed by atoms with van der Waals surface area (Å²) in [5, 5.41) is 3.25. The second kappa shape index (κ2) is 8.13. The molecule has 2 aromatic rings. The van der Waals surface area contributed by atoms with E-state index in [-0.39, 0.29) is 0 Å². The number of rotatable bonds is 6. The van der Waals surface area contributed by atoms with E-state index in [0.717, 1.165) is 17.5 Å². The minimum absolute atomic E-state index is 0.610. The van der Waals surface area contributed by atoms with Crippen LogP contribution in [0.1, 0.15) is 49.1 Å². The van der Waals surface area contributed by atoms with E-state index in [4.69, 9.17) is 4.74 Å². The van der Waals surface area contributed by atoms with Gasteiger partial charge in [0, 0.05) is 6.04 Å². The fourth-order valence-electron chi connectivity index (χ4n) is 4.46. The zero-order valence-corrected chi connectivity index (χ0v) is 15.8. The highest BCUT2D eigenvalue weighted by Gasteiger charge is 2.25. The van der Waals surface area contributed by atoms with E-state index in [1.165, 1.54) is 56.2 Å². The molecule has 1 heterocycles. The number of aryl methyl sites for hydroxylation is 1. The molecule has 0 unspecified atom stereocenters. The third kappa shape index (κ3) is 4.04. The van der Waals surface area contributed by atoms with Crippen LogP contribution in [0, 0.1) is 0 Å². The molecule has 1 aliphatic heterocycles. The van der Waals surface area contributed by atoms with Gasteiger partial charge >= 0.3 is 0 Å². The number of anilines is 1. The Morgan fingerprint density at radius 2 is 1.85 bits per heavy atom. The summed E-state index contributed by atoms with van der Waals surface area (Å²) in [6.07, 6.45) is 7.63. The summed E-state index contributed by atoms with van der Waals surface area (Å²) in [7, 11) is 2.31. The highest BCUT2D eigenvalue weighted by atomic mass is 16.5. The molecular formula is C23H30N2O. The number of hydrogen-bond donors (Lipinski definition) is 1. The monoisotopic (exact) mass is 350 g/mol. The minimum Gasteiger partial charge on any atom is -0.471 e. The first-order valence-corrected chi connectivity index (χ1v) is 10.0. The first kappa shape index (κ1) is 17.4. The van der Waals surface area contributed by atoms with Crippen molar-refractivity contribution < 1.29 is 4.74 Å². The van der Waals surface area contributed by atoms with Gasteiger partial charge in [0.05, 0.1) is 5.69 Å². The summed E-state index contributed by atoms with van der Waals surface area (Å²) in [5.41, 5.74) is 4.05. The van der Waals surface area contributed by atoms with Crippen LogP contribution < -0.4 is 10.1 Å². The van der Waals surface area contributed by atoms with Gasteiger partial charge in [0.1, 0.15) is 5.75 Å². The molecule has 0 bridgehead atoms. The van der Waals surface area contributed by atoms with Crippen molar-refractivity contribution in [3.8, 4) is 5.75 Å². The number of fused-ring (bicyclic) bond motifs is 1. The third-order valence-corrected chi connectivity index (χ3v) is 6.11. The Morgan fingerprint density at radius 1 is 1.04 bits per heavy atom. The molecule has 0 atom stereocenters. The lowest BCUT2D eigenvalue weighted by Gasteiger charge is -2.35. The van der Waals surface area contributed by atoms with E-state index < -0.39 is 0 Å². The lowest BCUT2D eigenvalue weighted by Crippen LogP contribution is -2.35. The maximum absolute atomic E-state index is 5.65. The topological polar surface area (TPSA) is 24.5 Å². The van der Waals surface area contributed by atoms with Gasteiger partial charge in [-0.05, 0) is 81.3 Å². The molecule has 138 valence electrons. The van der Waals surface area contributed by atoms with E-state index in [1.807, 2.05) is 0 Å². The van der Waals surface area contributed by atoms with Crippen molar-refractivity contribution in [2.24, 2.45) is 0 Å². The van der Waals surface area contributed by atoms with Gasteiger partial charge in [-0.2, -0.15) is 0 Å². The van der Waals surface area contributed by atoms with E-state index in [0.29, 0.717) is 12.6 Å². The summed E-state index contributed by atoms with van der Waals surface area (Å²) in [5.74, 6) is 1.72. The fraction of sp³-hybridized carbons (Fsp3) is 0.478. The van der Waals surface area contributed by atoms with Crippen LogP contribution in [0.15, 0.2) is 48.5 Å². The highest BCUT2D eigenvalue weighted by Crippen LogP contribution is 2.38. The first-order valence-electron chi connectivity index (χ1n) is 10.0. The van der Waals surface area contributed by atoms with Crippen LogP contribution in [0.2, 0.25) is 0 Å². The molecule has 0 saturated heterocycles. The molecule has 0 aromatic heterocycles. The van der Waals surface area contributed by atoms with Crippen molar-refractivity contribution in [1.29, 1.82) is 0 Å². The molecule has 4 rings (SSSR count). The standard InChI is InChI=1S/C23H30N2O/c1-25(15-5-8-18-6-3-2-4-7-18)21-12-9-19(10-13-21)20-11-14-22-23(16-20)26-17-24-22/h2-4,6-7,11,14,16,19,21,24H,5,8-10,12-13,15,17H2,1H3. The van der Waals surface area contributed by atoms with Gasteiger partial charge in [-0.1, -0.05) is 36.4 Å². The molecule has 0 spiro atoms. The maximum atomic E-state index is 5.65. The van der Waals surface area contributed by atoms with Gasteiger partial charge in [-0.25, -0.2) is 0 Å². The Labute approximate surface area is 157 Å². The number of nitrogens with one attached hydrogen (secondary N) is 1. The molecule has 3 nitrogen and oxygen atoms in total. The number of nitrogens with zero attached hydrogens (tertiary/aromatic N) is 1. The molecular weight excluding hydrogens is 320 g/mol. The molecule has 0 amide bonds. The van der Waals surface area contributed by atoms with Crippen molar-refractivity contribution in [2.45, 2.75) is 50.5 Å². The smallest absolute Gasteiger partial charge is 0.159 e. The van der Waals surface area contributed by atoms with Gasteiger partial charge in [0.15, 0.2) is 6.73 Å². The van der Waals surface area contributed by atoms with Crippen molar-refractivity contribution in [2.75, 3.05) is 25.6 Å². The van der Waals surface area contributed by atoms with Crippen molar-refractivity contribution >= 4 is 5.69 Å². The SMILES string of the molecule is CN(CCCc1ccccc1)C1CCC(c2ccc3c(c2)OCN3)CC1. The molecule has 1 saturated carbocycles. The molecule has 26 heavy (non-hydrogen) atoms. The Bertz CT molecular complexity index is 707. The summed E-state index contributed by atoms with van der Waals surface area (Å²) in [6.45, 7) is 1.81. The van der Waals surface area contributed by atoms with Crippen molar-refractivity contribution in [1.82, 2.24) is 4.90 Å². The van der Waals surface area contributed by atoms with Crippen LogP contribution in [0.5, 0.6) is 5.75 Å². The Balaban J connectivity index is 1.24. The second-order valence-corrected chi connectivity index (χ2v) is 7.80. The van der Waals surface area contributed by atoms with E-state index >= 15 is 0 Å².